The third-order valence-electron chi connectivity index (χ3n) is 1.51. The van der Waals surface area contributed by atoms with Gasteiger partial charge in [0.1, 0.15) is 0 Å². The molecule has 2 N–H and O–H groups in total. The molecule has 0 aliphatic carbocycles. The molecule has 0 aliphatic heterocycles. The Morgan fingerprint density at radius 1 is 1.36 bits per heavy atom. The third kappa shape index (κ3) is 1.57. The second kappa shape index (κ2) is 3.01. The van der Waals surface area contributed by atoms with Gasteiger partial charge in [-0.2, -0.15) is 0 Å². The van der Waals surface area contributed by atoms with E-state index in [1.54, 1.807) is 6.07 Å². The van der Waals surface area contributed by atoms with E-state index in [9.17, 15) is 0 Å². The van der Waals surface area contributed by atoms with Gasteiger partial charge in [0.05, 0.1) is 5.02 Å². The first-order valence-electron chi connectivity index (χ1n) is 3.35. The Hall–Kier alpha value is -0.890. The lowest BCUT2D eigenvalue weighted by Gasteiger charge is -2.02. The van der Waals surface area contributed by atoms with Crippen LogP contribution in [0.5, 0.6) is 11.5 Å². The van der Waals surface area contributed by atoms with Crippen molar-refractivity contribution in [2.45, 2.75) is 13.3 Å². The van der Waals surface area contributed by atoms with Gasteiger partial charge in [-0.3, -0.25) is 0 Å². The van der Waals surface area contributed by atoms with Crippen molar-refractivity contribution < 1.29 is 10.2 Å². The van der Waals surface area contributed by atoms with Crippen molar-refractivity contribution in [2.75, 3.05) is 0 Å². The minimum absolute atomic E-state index is 0.158. The number of halogens is 1. The number of hydrogen-bond donors (Lipinski definition) is 2. The predicted octanol–water partition coefficient (Wildman–Crippen LogP) is 2.31. The third-order valence-corrected chi connectivity index (χ3v) is 1.80. The molecule has 0 bridgehead atoms. The van der Waals surface area contributed by atoms with E-state index >= 15 is 0 Å². The standard InChI is InChI=1S/C8H9ClO2/c1-2-5-3-6(9)8(11)7(10)4-5/h3-4,10-11H,2H2,1H3. The first kappa shape index (κ1) is 8.21. The zero-order valence-electron chi connectivity index (χ0n) is 6.13. The van der Waals surface area contributed by atoms with Gasteiger partial charge in [-0.05, 0) is 24.1 Å². The highest BCUT2D eigenvalue weighted by atomic mass is 35.5. The molecule has 11 heavy (non-hydrogen) atoms. The monoisotopic (exact) mass is 172 g/mol. The Labute approximate surface area is 70.1 Å². The summed E-state index contributed by atoms with van der Waals surface area (Å²) in [6.07, 6.45) is 0.785. The molecule has 1 aromatic carbocycles. The maximum absolute atomic E-state index is 9.08. The normalized spacial score (nSPS) is 10.0. The number of hydrogen-bond acceptors (Lipinski definition) is 2. The average Bonchev–Trinajstić information content (AvgIpc) is 1.99. The van der Waals surface area contributed by atoms with Crippen molar-refractivity contribution >= 4 is 11.6 Å². The lowest BCUT2D eigenvalue weighted by Crippen LogP contribution is -1.80. The zero-order chi connectivity index (χ0) is 8.43. The molecule has 0 saturated heterocycles. The highest BCUT2D eigenvalue weighted by Gasteiger charge is 2.05. The predicted molar refractivity (Wildman–Crippen MR) is 44.2 cm³/mol. The summed E-state index contributed by atoms with van der Waals surface area (Å²) in [5.74, 6) is -0.404. The largest absolute Gasteiger partial charge is 0.504 e. The Balaban J connectivity index is 3.21. The second-order valence-electron chi connectivity index (χ2n) is 2.30. The van der Waals surface area contributed by atoms with Gasteiger partial charge >= 0.3 is 0 Å². The molecule has 0 aromatic heterocycles. The van der Waals surface area contributed by atoms with Crippen LogP contribution in [-0.4, -0.2) is 10.2 Å². The molecule has 0 unspecified atom stereocenters. The summed E-state index contributed by atoms with van der Waals surface area (Å²) in [6.45, 7) is 1.95. The maximum Gasteiger partial charge on any atom is 0.176 e. The van der Waals surface area contributed by atoms with Crippen LogP contribution in [0.1, 0.15) is 12.5 Å². The molecule has 3 heteroatoms. The number of benzene rings is 1. The van der Waals surface area contributed by atoms with Gasteiger partial charge in [-0.25, -0.2) is 0 Å². The Bertz CT molecular complexity index is 248. The van der Waals surface area contributed by atoms with Gasteiger partial charge in [-0.1, -0.05) is 18.5 Å². The van der Waals surface area contributed by atoms with Crippen LogP contribution in [-0.2, 0) is 6.42 Å². The fourth-order valence-electron chi connectivity index (χ4n) is 0.843. The molecule has 0 fully saturated rings. The lowest BCUT2D eigenvalue weighted by molar-refractivity contribution is 0.403. The molecule has 0 amide bonds. The van der Waals surface area contributed by atoms with Crippen LogP contribution in [0, 0.1) is 0 Å². The summed E-state index contributed by atoms with van der Waals surface area (Å²) in [6, 6.07) is 3.14. The quantitative estimate of drug-likeness (QED) is 0.639. The van der Waals surface area contributed by atoms with Crippen LogP contribution in [0.15, 0.2) is 12.1 Å². The van der Waals surface area contributed by atoms with E-state index in [0.717, 1.165) is 12.0 Å². The van der Waals surface area contributed by atoms with Crippen molar-refractivity contribution in [1.82, 2.24) is 0 Å². The van der Waals surface area contributed by atoms with Crippen molar-refractivity contribution in [1.29, 1.82) is 0 Å². The summed E-state index contributed by atoms with van der Waals surface area (Å²) >= 11 is 5.59. The molecular weight excluding hydrogens is 164 g/mol. The molecule has 1 rings (SSSR count). The fourth-order valence-corrected chi connectivity index (χ4v) is 1.08. The molecular formula is C8H9ClO2. The number of phenols is 2. The Morgan fingerprint density at radius 3 is 2.45 bits per heavy atom. The van der Waals surface area contributed by atoms with E-state index in [0.29, 0.717) is 0 Å². The van der Waals surface area contributed by atoms with Gasteiger partial charge in [-0.15, -0.1) is 0 Å². The molecule has 2 nitrogen and oxygen atoms in total. The first-order valence-corrected chi connectivity index (χ1v) is 3.73. The molecule has 1 aromatic rings. The van der Waals surface area contributed by atoms with Crippen LogP contribution >= 0.6 is 11.6 Å². The van der Waals surface area contributed by atoms with Crippen LogP contribution in [0.25, 0.3) is 0 Å². The van der Waals surface area contributed by atoms with Crippen molar-refractivity contribution in [3.63, 3.8) is 0 Å². The summed E-state index contributed by atoms with van der Waals surface area (Å²) in [5, 5.41) is 18.3. The Kier molecular flexibility index (Phi) is 2.25. The maximum atomic E-state index is 9.08. The topological polar surface area (TPSA) is 40.5 Å². The summed E-state index contributed by atoms with van der Waals surface area (Å²) in [5.41, 5.74) is 0.908. The van der Waals surface area contributed by atoms with E-state index in [2.05, 4.69) is 0 Å². The van der Waals surface area contributed by atoms with Crippen molar-refractivity contribution in [3.05, 3.63) is 22.7 Å². The summed E-state index contributed by atoms with van der Waals surface area (Å²) in [4.78, 5) is 0. The van der Waals surface area contributed by atoms with E-state index in [-0.39, 0.29) is 16.5 Å². The van der Waals surface area contributed by atoms with E-state index in [1.807, 2.05) is 6.92 Å². The summed E-state index contributed by atoms with van der Waals surface area (Å²) in [7, 11) is 0. The minimum Gasteiger partial charge on any atom is -0.504 e. The SMILES string of the molecule is CCc1cc(O)c(O)c(Cl)c1. The van der Waals surface area contributed by atoms with Crippen LogP contribution in [0.4, 0.5) is 0 Å². The highest BCUT2D eigenvalue weighted by molar-refractivity contribution is 6.32. The average molecular weight is 173 g/mol. The molecule has 60 valence electrons. The molecule has 0 saturated carbocycles. The second-order valence-corrected chi connectivity index (χ2v) is 2.71. The van der Waals surface area contributed by atoms with Crippen LogP contribution in [0.3, 0.4) is 0 Å². The van der Waals surface area contributed by atoms with Gasteiger partial charge in [0.25, 0.3) is 0 Å². The Morgan fingerprint density at radius 2 is 2.00 bits per heavy atom. The molecule has 0 spiro atoms. The number of aromatic hydroxyl groups is 2. The van der Waals surface area contributed by atoms with Gasteiger partial charge in [0.15, 0.2) is 11.5 Å². The van der Waals surface area contributed by atoms with Gasteiger partial charge < -0.3 is 10.2 Å². The molecule has 0 radical (unpaired) electrons. The van der Waals surface area contributed by atoms with Crippen LogP contribution < -0.4 is 0 Å². The molecule has 0 heterocycles. The zero-order valence-corrected chi connectivity index (χ0v) is 6.89. The highest BCUT2D eigenvalue weighted by Crippen LogP contribution is 2.33. The lowest BCUT2D eigenvalue weighted by atomic mass is 10.1. The summed E-state index contributed by atoms with van der Waals surface area (Å²) < 4.78 is 0. The minimum atomic E-state index is -0.246. The van der Waals surface area contributed by atoms with E-state index in [1.165, 1.54) is 6.07 Å². The van der Waals surface area contributed by atoms with Crippen molar-refractivity contribution in [3.8, 4) is 11.5 Å². The van der Waals surface area contributed by atoms with Crippen molar-refractivity contribution in [2.24, 2.45) is 0 Å². The number of aryl methyl sites for hydroxylation is 1. The fraction of sp³-hybridized carbons (Fsp3) is 0.250. The first-order chi connectivity index (χ1) is 5.15. The van der Waals surface area contributed by atoms with Crippen LogP contribution in [0.2, 0.25) is 5.02 Å². The van der Waals surface area contributed by atoms with Gasteiger partial charge in [0.2, 0.25) is 0 Å². The number of rotatable bonds is 1. The van der Waals surface area contributed by atoms with E-state index in [4.69, 9.17) is 21.8 Å². The molecule has 0 atom stereocenters. The van der Waals surface area contributed by atoms with Gasteiger partial charge in [0, 0.05) is 0 Å². The van der Waals surface area contributed by atoms with E-state index < -0.39 is 0 Å². The molecule has 0 aliphatic rings. The number of phenolic OH excluding ortho intramolecular Hbond substituents is 2. The smallest absolute Gasteiger partial charge is 0.176 e.